The molecule has 0 saturated heterocycles. The predicted octanol–water partition coefficient (Wildman–Crippen LogP) is -2.74. The zero-order valence-corrected chi connectivity index (χ0v) is 5.21. The number of carbonyl (C=O) groups excluding carboxylic acids is 1. The first-order valence-electron chi connectivity index (χ1n) is 2.73. The van der Waals surface area contributed by atoms with Crippen LogP contribution in [0.5, 0.6) is 0 Å². The summed E-state index contributed by atoms with van der Waals surface area (Å²) in [6.45, 7) is -0.688. The number of aliphatic hydroxyl groups is 4. The Morgan fingerprint density at radius 3 is 2.10 bits per heavy atom. The van der Waals surface area contributed by atoms with Crippen molar-refractivity contribution in [1.82, 2.24) is 0 Å². The van der Waals surface area contributed by atoms with E-state index in [0.29, 0.717) is 0 Å². The fourth-order valence-corrected chi connectivity index (χ4v) is 0.416. The van der Waals surface area contributed by atoms with Gasteiger partial charge in [0.15, 0.2) is 6.29 Å². The Morgan fingerprint density at radius 2 is 1.80 bits per heavy atom. The van der Waals surface area contributed by atoms with Crippen LogP contribution in [-0.4, -0.2) is 51.6 Å². The number of hydrogen-bond acceptors (Lipinski definition) is 5. The van der Waals surface area contributed by atoms with Crippen LogP contribution in [0, 0.1) is 0 Å². The Hall–Kier alpha value is -0.490. The number of rotatable bonds is 4. The summed E-state index contributed by atoms with van der Waals surface area (Å²) in [5.74, 6) is 0. The van der Waals surface area contributed by atoms with Crippen molar-refractivity contribution in [2.45, 2.75) is 18.3 Å². The molecule has 0 aromatic rings. The van der Waals surface area contributed by atoms with Gasteiger partial charge in [-0.05, 0) is 0 Å². The molecular weight excluding hydrogens is 141 g/mol. The Kier molecular flexibility index (Phi) is 4.13. The average molecular weight is 151 g/mol. The summed E-state index contributed by atoms with van der Waals surface area (Å²) >= 11 is 0. The summed E-state index contributed by atoms with van der Waals surface area (Å²) in [5, 5.41) is 34.1. The second-order valence-electron chi connectivity index (χ2n) is 1.87. The molecule has 0 unspecified atom stereocenters. The highest BCUT2D eigenvalue weighted by molar-refractivity contribution is 5.56. The highest BCUT2D eigenvalue weighted by Gasteiger charge is 2.22. The summed E-state index contributed by atoms with van der Waals surface area (Å²) in [7, 11) is 0. The SMILES string of the molecule is O=C[13C@@H](O)[C@H](O)[C@@H](O)CO. The normalized spacial score (nSPS) is 19.6. The van der Waals surface area contributed by atoms with E-state index in [4.69, 9.17) is 20.4 Å². The van der Waals surface area contributed by atoms with Crippen LogP contribution >= 0.6 is 0 Å². The molecule has 0 amide bonds. The molecular formula is C5H10O5. The first-order chi connectivity index (χ1) is 4.63. The van der Waals surface area contributed by atoms with Crippen LogP contribution in [0.4, 0.5) is 0 Å². The topological polar surface area (TPSA) is 98.0 Å². The van der Waals surface area contributed by atoms with E-state index in [0.717, 1.165) is 0 Å². The number of aliphatic hydroxyl groups excluding tert-OH is 4. The van der Waals surface area contributed by atoms with Crippen LogP contribution in [0.3, 0.4) is 0 Å². The van der Waals surface area contributed by atoms with E-state index in [9.17, 15) is 4.79 Å². The Labute approximate surface area is 57.5 Å². The highest BCUT2D eigenvalue weighted by Crippen LogP contribution is 1.96. The van der Waals surface area contributed by atoms with Gasteiger partial charge in [0.05, 0.1) is 6.61 Å². The minimum atomic E-state index is -1.64. The van der Waals surface area contributed by atoms with Crippen LogP contribution in [0.2, 0.25) is 0 Å². The summed E-state index contributed by atoms with van der Waals surface area (Å²) in [4.78, 5) is 9.76. The van der Waals surface area contributed by atoms with Gasteiger partial charge in [0.2, 0.25) is 0 Å². The van der Waals surface area contributed by atoms with E-state index in [1.165, 1.54) is 0 Å². The first kappa shape index (κ1) is 9.51. The molecule has 3 atom stereocenters. The molecule has 5 heteroatoms. The molecule has 0 aromatic heterocycles. The maximum Gasteiger partial charge on any atom is 0.151 e. The summed E-state index contributed by atoms with van der Waals surface area (Å²) in [6.07, 6.45) is -4.63. The molecule has 0 saturated carbocycles. The molecule has 10 heavy (non-hydrogen) atoms. The van der Waals surface area contributed by atoms with Crippen molar-refractivity contribution in [3.05, 3.63) is 0 Å². The third-order valence-electron chi connectivity index (χ3n) is 1.07. The lowest BCUT2D eigenvalue weighted by atomic mass is 10.3. The van der Waals surface area contributed by atoms with E-state index in [1.807, 2.05) is 0 Å². The van der Waals surface area contributed by atoms with E-state index in [2.05, 4.69) is 0 Å². The Morgan fingerprint density at radius 1 is 1.30 bits per heavy atom. The fourth-order valence-electron chi connectivity index (χ4n) is 0.416. The van der Waals surface area contributed by atoms with Crippen LogP contribution in [-0.2, 0) is 4.79 Å². The zero-order chi connectivity index (χ0) is 8.15. The molecule has 0 heterocycles. The standard InChI is InChI=1S/C5H10O5/c6-1-3(8)5(10)4(9)2-7/h1,3-5,7-10H,2H2/t3-,4+,5+/m1/s1/i3+1. The van der Waals surface area contributed by atoms with Gasteiger partial charge in [0.25, 0.3) is 0 Å². The van der Waals surface area contributed by atoms with Gasteiger partial charge < -0.3 is 25.2 Å². The molecule has 0 aromatic carbocycles. The van der Waals surface area contributed by atoms with E-state index < -0.39 is 24.9 Å². The molecule has 0 bridgehead atoms. The molecule has 4 N–H and O–H groups in total. The first-order valence-corrected chi connectivity index (χ1v) is 2.73. The number of aldehydes is 1. The largest absolute Gasteiger partial charge is 0.394 e. The third kappa shape index (κ3) is 2.40. The van der Waals surface area contributed by atoms with Crippen molar-refractivity contribution in [2.75, 3.05) is 6.61 Å². The molecule has 0 aliphatic carbocycles. The average Bonchev–Trinajstić information content (AvgIpc) is 2.00. The summed E-state index contributed by atoms with van der Waals surface area (Å²) in [6, 6.07) is 0. The van der Waals surface area contributed by atoms with E-state index in [-0.39, 0.29) is 6.29 Å². The van der Waals surface area contributed by atoms with E-state index in [1.54, 1.807) is 0 Å². The molecule has 0 aliphatic heterocycles. The van der Waals surface area contributed by atoms with Crippen LogP contribution in [0.25, 0.3) is 0 Å². The highest BCUT2D eigenvalue weighted by atomic mass is 16.4. The fraction of sp³-hybridized carbons (Fsp3) is 0.800. The number of carbonyl (C=O) groups is 1. The third-order valence-corrected chi connectivity index (χ3v) is 1.07. The smallest absolute Gasteiger partial charge is 0.151 e. The minimum absolute atomic E-state index is 0.0869. The van der Waals surface area contributed by atoms with Gasteiger partial charge in [0.1, 0.15) is 18.3 Å². The van der Waals surface area contributed by atoms with Gasteiger partial charge in [-0.15, -0.1) is 0 Å². The van der Waals surface area contributed by atoms with Crippen LogP contribution in [0.15, 0.2) is 0 Å². The van der Waals surface area contributed by atoms with E-state index >= 15 is 0 Å². The van der Waals surface area contributed by atoms with Crippen LogP contribution in [0.1, 0.15) is 0 Å². The second kappa shape index (κ2) is 4.35. The molecule has 5 nitrogen and oxygen atoms in total. The van der Waals surface area contributed by atoms with Gasteiger partial charge in [-0.1, -0.05) is 0 Å². The van der Waals surface area contributed by atoms with Gasteiger partial charge in [-0.25, -0.2) is 0 Å². The van der Waals surface area contributed by atoms with Crippen molar-refractivity contribution in [2.24, 2.45) is 0 Å². The maximum absolute atomic E-state index is 9.76. The minimum Gasteiger partial charge on any atom is -0.394 e. The van der Waals surface area contributed by atoms with Gasteiger partial charge in [0, 0.05) is 0 Å². The lowest BCUT2D eigenvalue weighted by Gasteiger charge is -2.16. The van der Waals surface area contributed by atoms with Crippen molar-refractivity contribution in [3.63, 3.8) is 0 Å². The number of hydrogen-bond donors (Lipinski definition) is 4. The van der Waals surface area contributed by atoms with Gasteiger partial charge in [-0.2, -0.15) is 0 Å². The monoisotopic (exact) mass is 151 g/mol. The van der Waals surface area contributed by atoms with Crippen molar-refractivity contribution >= 4 is 6.29 Å². The molecule has 0 rings (SSSR count). The molecule has 0 radical (unpaired) electrons. The lowest BCUT2D eigenvalue weighted by molar-refractivity contribution is -0.127. The van der Waals surface area contributed by atoms with Crippen molar-refractivity contribution in [3.8, 4) is 0 Å². The maximum atomic E-state index is 9.76. The zero-order valence-electron chi connectivity index (χ0n) is 5.21. The van der Waals surface area contributed by atoms with Crippen molar-refractivity contribution < 1.29 is 25.2 Å². The van der Waals surface area contributed by atoms with Crippen LogP contribution < -0.4 is 0 Å². The summed E-state index contributed by atoms with van der Waals surface area (Å²) < 4.78 is 0. The van der Waals surface area contributed by atoms with Gasteiger partial charge in [-0.3, -0.25) is 0 Å². The molecule has 0 aliphatic rings. The van der Waals surface area contributed by atoms with Gasteiger partial charge >= 0.3 is 0 Å². The second-order valence-corrected chi connectivity index (χ2v) is 1.87. The molecule has 0 spiro atoms. The lowest BCUT2D eigenvalue weighted by Crippen LogP contribution is -2.40. The quantitative estimate of drug-likeness (QED) is 0.258. The molecule has 60 valence electrons. The predicted molar refractivity (Wildman–Crippen MR) is 31.2 cm³/mol. The Balaban J connectivity index is 3.80. The summed E-state index contributed by atoms with van der Waals surface area (Å²) in [5.41, 5.74) is 0. The Bertz CT molecular complexity index is 104. The van der Waals surface area contributed by atoms with Crippen molar-refractivity contribution in [1.29, 1.82) is 0 Å². The molecule has 0 fully saturated rings.